The maximum Gasteiger partial charge on any atom is 0.341 e. The third-order valence-electron chi connectivity index (χ3n) is 2.25. The smallest absolute Gasteiger partial charge is 0.341 e. The van der Waals surface area contributed by atoms with Crippen molar-refractivity contribution in [3.05, 3.63) is 34.2 Å². The van der Waals surface area contributed by atoms with Gasteiger partial charge in [0.15, 0.2) is 5.65 Å². The average molecular weight is 283 g/mol. The van der Waals surface area contributed by atoms with Crippen molar-refractivity contribution in [1.82, 2.24) is 9.38 Å². The van der Waals surface area contributed by atoms with E-state index >= 15 is 0 Å². The van der Waals surface area contributed by atoms with E-state index in [-0.39, 0.29) is 5.97 Å². The van der Waals surface area contributed by atoms with Gasteiger partial charge < -0.3 is 4.74 Å². The first-order chi connectivity index (χ1) is 7.65. The highest BCUT2D eigenvalue weighted by Crippen LogP contribution is 2.20. The van der Waals surface area contributed by atoms with Gasteiger partial charge >= 0.3 is 5.97 Å². The van der Waals surface area contributed by atoms with Gasteiger partial charge in [0.1, 0.15) is 10.2 Å². The summed E-state index contributed by atoms with van der Waals surface area (Å²) in [4.78, 5) is 16.0. The summed E-state index contributed by atoms with van der Waals surface area (Å²) in [5.74, 6) is -0.342. The van der Waals surface area contributed by atoms with Crippen LogP contribution in [0, 0.1) is 6.92 Å². The minimum atomic E-state index is -0.342. The number of halogens is 1. The van der Waals surface area contributed by atoms with Crippen molar-refractivity contribution in [2.45, 2.75) is 13.8 Å². The number of pyridine rings is 1. The molecule has 0 saturated heterocycles. The molecule has 0 N–H and O–H groups in total. The minimum absolute atomic E-state index is 0.342. The maximum atomic E-state index is 11.7. The van der Waals surface area contributed by atoms with E-state index in [1.54, 1.807) is 19.1 Å². The van der Waals surface area contributed by atoms with Crippen LogP contribution in [-0.2, 0) is 4.74 Å². The second-order valence-corrected chi connectivity index (χ2v) is 4.08. The lowest BCUT2D eigenvalue weighted by molar-refractivity contribution is 0.0528. The summed E-state index contributed by atoms with van der Waals surface area (Å²) >= 11 is 3.42. The molecule has 0 bridgehead atoms. The lowest BCUT2D eigenvalue weighted by atomic mass is 10.3. The van der Waals surface area contributed by atoms with Crippen molar-refractivity contribution < 1.29 is 9.53 Å². The second kappa shape index (κ2) is 4.25. The number of carbonyl (C=O) groups is 1. The lowest BCUT2D eigenvalue weighted by Crippen LogP contribution is -2.06. The number of aryl methyl sites for hydroxylation is 1. The molecule has 2 rings (SSSR count). The number of fused-ring (bicyclic) bond motifs is 1. The van der Waals surface area contributed by atoms with Crippen LogP contribution in [0.15, 0.2) is 22.9 Å². The molecule has 0 atom stereocenters. The SMILES string of the molecule is CCOC(=O)c1cccn2c(Br)c(C)nc12. The molecule has 0 aromatic carbocycles. The summed E-state index contributed by atoms with van der Waals surface area (Å²) in [5.41, 5.74) is 1.94. The van der Waals surface area contributed by atoms with E-state index in [4.69, 9.17) is 4.74 Å². The average Bonchev–Trinajstić information content (AvgIpc) is 2.55. The van der Waals surface area contributed by atoms with Crippen molar-refractivity contribution in [2.75, 3.05) is 6.61 Å². The fraction of sp³-hybridized carbons (Fsp3) is 0.273. The predicted molar refractivity (Wildman–Crippen MR) is 63.6 cm³/mol. The molecule has 0 fully saturated rings. The highest BCUT2D eigenvalue weighted by molar-refractivity contribution is 9.10. The van der Waals surface area contributed by atoms with Gasteiger partial charge in [0.2, 0.25) is 0 Å². The lowest BCUT2D eigenvalue weighted by Gasteiger charge is -2.03. The Morgan fingerprint density at radius 1 is 1.62 bits per heavy atom. The molecule has 0 aliphatic rings. The number of rotatable bonds is 2. The van der Waals surface area contributed by atoms with Crippen molar-refractivity contribution in [1.29, 1.82) is 0 Å². The summed E-state index contributed by atoms with van der Waals surface area (Å²) < 4.78 is 7.65. The molecule has 4 nitrogen and oxygen atoms in total. The first kappa shape index (κ1) is 11.1. The Morgan fingerprint density at radius 3 is 3.06 bits per heavy atom. The van der Waals surface area contributed by atoms with Gasteiger partial charge in [-0.25, -0.2) is 9.78 Å². The van der Waals surface area contributed by atoms with Crippen LogP contribution in [-0.4, -0.2) is 22.0 Å². The normalized spacial score (nSPS) is 10.7. The molecule has 5 heteroatoms. The topological polar surface area (TPSA) is 43.6 Å². The highest BCUT2D eigenvalue weighted by Gasteiger charge is 2.15. The first-order valence-corrected chi connectivity index (χ1v) is 5.74. The number of esters is 1. The molecule has 16 heavy (non-hydrogen) atoms. The Hall–Kier alpha value is -1.36. The van der Waals surface area contributed by atoms with Crippen molar-refractivity contribution >= 4 is 27.5 Å². The maximum absolute atomic E-state index is 11.7. The van der Waals surface area contributed by atoms with E-state index in [9.17, 15) is 4.79 Å². The van der Waals surface area contributed by atoms with Crippen LogP contribution < -0.4 is 0 Å². The van der Waals surface area contributed by atoms with Crippen molar-refractivity contribution in [3.8, 4) is 0 Å². The molecule has 2 heterocycles. The number of hydrogen-bond acceptors (Lipinski definition) is 3. The molecule has 0 radical (unpaired) electrons. The van der Waals surface area contributed by atoms with Gasteiger partial charge in [-0.1, -0.05) is 0 Å². The van der Waals surface area contributed by atoms with E-state index in [2.05, 4.69) is 20.9 Å². The van der Waals surface area contributed by atoms with Gasteiger partial charge in [-0.3, -0.25) is 4.40 Å². The van der Waals surface area contributed by atoms with Gasteiger partial charge in [-0.05, 0) is 41.9 Å². The van der Waals surface area contributed by atoms with Gasteiger partial charge in [0, 0.05) is 6.20 Å². The molecule has 0 spiro atoms. The summed E-state index contributed by atoms with van der Waals surface area (Å²) in [6, 6.07) is 3.51. The molecule has 0 aliphatic heterocycles. The molecule has 2 aromatic rings. The summed E-state index contributed by atoms with van der Waals surface area (Å²) in [6.45, 7) is 4.03. The van der Waals surface area contributed by atoms with Crippen LogP contribution in [0.5, 0.6) is 0 Å². The standard InChI is InChI=1S/C11H11BrN2O2/c1-3-16-11(15)8-5-4-6-14-9(12)7(2)13-10(8)14/h4-6H,3H2,1-2H3. The number of ether oxygens (including phenoxy) is 1. The summed E-state index contributed by atoms with van der Waals surface area (Å²) in [7, 11) is 0. The number of imidazole rings is 1. The minimum Gasteiger partial charge on any atom is -0.462 e. The Bertz CT molecular complexity index is 548. The molecular weight excluding hydrogens is 272 g/mol. The molecule has 2 aromatic heterocycles. The molecule has 0 unspecified atom stereocenters. The van der Waals surface area contributed by atoms with E-state index < -0.39 is 0 Å². The Balaban J connectivity index is 2.62. The van der Waals surface area contributed by atoms with Crippen molar-refractivity contribution in [3.63, 3.8) is 0 Å². The van der Waals surface area contributed by atoms with Crippen LogP contribution in [0.3, 0.4) is 0 Å². The number of nitrogens with zero attached hydrogens (tertiary/aromatic N) is 2. The zero-order valence-corrected chi connectivity index (χ0v) is 10.6. The summed E-state index contributed by atoms with van der Waals surface area (Å²) in [5, 5.41) is 0. The molecule has 84 valence electrons. The zero-order valence-electron chi connectivity index (χ0n) is 9.03. The predicted octanol–water partition coefficient (Wildman–Crippen LogP) is 2.58. The van der Waals surface area contributed by atoms with Crippen molar-refractivity contribution in [2.24, 2.45) is 0 Å². The van der Waals surface area contributed by atoms with Gasteiger partial charge in [-0.2, -0.15) is 0 Å². The number of hydrogen-bond donors (Lipinski definition) is 0. The Labute approximate surface area is 101 Å². The first-order valence-electron chi connectivity index (χ1n) is 4.95. The Morgan fingerprint density at radius 2 is 2.38 bits per heavy atom. The molecule has 0 amide bonds. The van der Waals surface area contributed by atoms with E-state index in [1.165, 1.54) is 0 Å². The number of aromatic nitrogens is 2. The van der Waals surface area contributed by atoms with E-state index in [1.807, 2.05) is 17.5 Å². The van der Waals surface area contributed by atoms with E-state index in [0.717, 1.165) is 10.3 Å². The highest BCUT2D eigenvalue weighted by atomic mass is 79.9. The number of carbonyl (C=O) groups excluding carboxylic acids is 1. The largest absolute Gasteiger partial charge is 0.462 e. The van der Waals surface area contributed by atoms with E-state index in [0.29, 0.717) is 17.8 Å². The van der Waals surface area contributed by atoms with Crippen LogP contribution in [0.2, 0.25) is 0 Å². The third kappa shape index (κ3) is 1.71. The summed E-state index contributed by atoms with van der Waals surface area (Å²) in [6.07, 6.45) is 1.85. The van der Waals surface area contributed by atoms with Crippen LogP contribution >= 0.6 is 15.9 Å². The van der Waals surface area contributed by atoms with Crippen LogP contribution in [0.1, 0.15) is 23.0 Å². The zero-order chi connectivity index (χ0) is 11.7. The molecule has 0 aliphatic carbocycles. The van der Waals surface area contributed by atoms with Gasteiger partial charge in [0.25, 0.3) is 0 Å². The molecular formula is C11H11BrN2O2. The monoisotopic (exact) mass is 282 g/mol. The van der Waals surface area contributed by atoms with Crippen LogP contribution in [0.25, 0.3) is 5.65 Å². The van der Waals surface area contributed by atoms with Gasteiger partial charge in [0.05, 0.1) is 12.3 Å². The van der Waals surface area contributed by atoms with Crippen LogP contribution in [0.4, 0.5) is 0 Å². The quantitative estimate of drug-likeness (QED) is 0.796. The fourth-order valence-corrected chi connectivity index (χ4v) is 1.90. The van der Waals surface area contributed by atoms with Gasteiger partial charge in [-0.15, -0.1) is 0 Å². The Kier molecular flexibility index (Phi) is 2.96. The third-order valence-corrected chi connectivity index (χ3v) is 3.20. The second-order valence-electron chi connectivity index (χ2n) is 3.32. The fourth-order valence-electron chi connectivity index (χ4n) is 1.52. The molecule has 0 saturated carbocycles.